The highest BCUT2D eigenvalue weighted by molar-refractivity contribution is 7.89. The van der Waals surface area contributed by atoms with Gasteiger partial charge in [-0.3, -0.25) is 9.69 Å². The third-order valence-corrected chi connectivity index (χ3v) is 6.02. The van der Waals surface area contributed by atoms with Crippen molar-refractivity contribution >= 4 is 21.6 Å². The monoisotopic (exact) mass is 377 g/mol. The Morgan fingerprint density at radius 2 is 2.12 bits per heavy atom. The highest BCUT2D eigenvalue weighted by atomic mass is 32.2. The van der Waals surface area contributed by atoms with Gasteiger partial charge in [0.05, 0.1) is 17.2 Å². The molecule has 26 heavy (non-hydrogen) atoms. The van der Waals surface area contributed by atoms with Crippen molar-refractivity contribution in [3.8, 4) is 0 Å². The molecule has 3 rings (SSSR count). The normalized spacial score (nSPS) is 15.3. The van der Waals surface area contributed by atoms with Crippen molar-refractivity contribution in [2.45, 2.75) is 24.3 Å². The van der Waals surface area contributed by atoms with Gasteiger partial charge in [0.1, 0.15) is 5.76 Å². The van der Waals surface area contributed by atoms with Crippen LogP contribution in [0.3, 0.4) is 0 Å². The highest BCUT2D eigenvalue weighted by Crippen LogP contribution is 2.30. The molecule has 1 N–H and O–H groups in total. The first-order valence-electron chi connectivity index (χ1n) is 8.40. The molecule has 0 fully saturated rings. The molecule has 1 atom stereocenters. The van der Waals surface area contributed by atoms with E-state index in [1.807, 2.05) is 25.1 Å². The predicted molar refractivity (Wildman–Crippen MR) is 98.5 cm³/mol. The third-order valence-electron chi connectivity index (χ3n) is 4.60. The van der Waals surface area contributed by atoms with Crippen molar-refractivity contribution in [1.29, 1.82) is 0 Å². The molecule has 0 bridgehead atoms. The average Bonchev–Trinajstić information content (AvgIpc) is 3.23. The summed E-state index contributed by atoms with van der Waals surface area (Å²) in [6, 6.07) is 8.29. The Balaban J connectivity index is 1.78. The second-order valence-corrected chi connectivity index (χ2v) is 8.32. The maximum absolute atomic E-state index is 12.7. The van der Waals surface area contributed by atoms with E-state index in [1.165, 1.54) is 6.92 Å². The Labute approximate surface area is 153 Å². The highest BCUT2D eigenvalue weighted by Gasteiger charge is 2.26. The molecule has 2 aromatic rings. The fourth-order valence-electron chi connectivity index (χ4n) is 3.16. The Morgan fingerprint density at radius 3 is 2.73 bits per heavy atom. The van der Waals surface area contributed by atoms with Crippen molar-refractivity contribution in [2.24, 2.45) is 0 Å². The molecule has 1 aromatic heterocycles. The number of nitrogens with one attached hydrogen (secondary N) is 1. The standard InChI is InChI=1S/C18H23N3O4S/c1-13(22)21-9-8-14-11-15(6-7-16(14)21)26(23,24)19-12-17(20(2)3)18-5-4-10-25-18/h4-7,10-11,17,19H,8-9,12H2,1-3H3. The minimum Gasteiger partial charge on any atom is -0.468 e. The molecule has 0 spiro atoms. The van der Waals surface area contributed by atoms with Gasteiger partial charge in [-0.15, -0.1) is 0 Å². The van der Waals surface area contributed by atoms with Crippen LogP contribution in [0, 0.1) is 0 Å². The van der Waals surface area contributed by atoms with E-state index in [1.54, 1.807) is 35.4 Å². The maximum atomic E-state index is 12.7. The van der Waals surface area contributed by atoms with E-state index in [9.17, 15) is 13.2 Å². The molecular weight excluding hydrogens is 354 g/mol. The number of rotatable bonds is 6. The zero-order chi connectivity index (χ0) is 18.9. The molecule has 0 radical (unpaired) electrons. The number of nitrogens with zero attached hydrogens (tertiary/aromatic N) is 2. The first-order chi connectivity index (χ1) is 12.3. The van der Waals surface area contributed by atoms with Crippen molar-refractivity contribution in [3.63, 3.8) is 0 Å². The number of amides is 1. The second kappa shape index (κ2) is 7.22. The van der Waals surface area contributed by atoms with Crippen LogP contribution in [-0.4, -0.2) is 46.4 Å². The van der Waals surface area contributed by atoms with E-state index < -0.39 is 10.0 Å². The van der Waals surface area contributed by atoms with Crippen molar-refractivity contribution < 1.29 is 17.6 Å². The first-order valence-corrected chi connectivity index (χ1v) is 9.88. The van der Waals surface area contributed by atoms with Crippen molar-refractivity contribution in [3.05, 3.63) is 47.9 Å². The molecule has 140 valence electrons. The van der Waals surface area contributed by atoms with Crippen LogP contribution >= 0.6 is 0 Å². The lowest BCUT2D eigenvalue weighted by molar-refractivity contribution is -0.116. The summed E-state index contributed by atoms with van der Waals surface area (Å²) in [7, 11) is 0.0755. The summed E-state index contributed by atoms with van der Waals surface area (Å²) >= 11 is 0. The molecule has 0 aliphatic carbocycles. The number of benzene rings is 1. The fraction of sp³-hybridized carbons (Fsp3) is 0.389. The van der Waals surface area contributed by atoms with E-state index in [0.29, 0.717) is 18.7 Å². The van der Waals surface area contributed by atoms with Gasteiger partial charge in [0.25, 0.3) is 0 Å². The topological polar surface area (TPSA) is 82.9 Å². The summed E-state index contributed by atoms with van der Waals surface area (Å²) in [6.07, 6.45) is 2.23. The number of furan rings is 1. The SMILES string of the molecule is CC(=O)N1CCc2cc(S(=O)(=O)NCC(c3ccco3)N(C)C)ccc21. The van der Waals surface area contributed by atoms with Gasteiger partial charge in [-0.05, 0) is 56.4 Å². The summed E-state index contributed by atoms with van der Waals surface area (Å²) < 4.78 is 33.5. The van der Waals surface area contributed by atoms with E-state index in [0.717, 1.165) is 11.3 Å². The number of hydrogen-bond donors (Lipinski definition) is 1. The van der Waals surface area contributed by atoms with Crippen LogP contribution in [0.5, 0.6) is 0 Å². The van der Waals surface area contributed by atoms with E-state index in [-0.39, 0.29) is 23.4 Å². The van der Waals surface area contributed by atoms with Gasteiger partial charge in [0, 0.05) is 25.7 Å². The molecule has 1 aliphatic rings. The summed E-state index contributed by atoms with van der Waals surface area (Å²) in [5, 5.41) is 0. The van der Waals surface area contributed by atoms with Crippen LogP contribution in [0.1, 0.15) is 24.3 Å². The number of carbonyl (C=O) groups is 1. The average molecular weight is 377 g/mol. The third kappa shape index (κ3) is 3.67. The molecule has 7 nitrogen and oxygen atoms in total. The van der Waals surface area contributed by atoms with Crippen LogP contribution in [0.2, 0.25) is 0 Å². The summed E-state index contributed by atoms with van der Waals surface area (Å²) in [6.45, 7) is 2.29. The molecule has 2 heterocycles. The second-order valence-electron chi connectivity index (χ2n) is 6.56. The van der Waals surface area contributed by atoms with Crippen molar-refractivity contribution in [1.82, 2.24) is 9.62 Å². The van der Waals surface area contributed by atoms with Crippen LogP contribution in [0.25, 0.3) is 0 Å². The van der Waals surface area contributed by atoms with Gasteiger partial charge in [0.2, 0.25) is 15.9 Å². The summed E-state index contributed by atoms with van der Waals surface area (Å²) in [4.78, 5) is 15.4. The van der Waals surface area contributed by atoms with E-state index >= 15 is 0 Å². The predicted octanol–water partition coefficient (Wildman–Crippen LogP) is 1.77. The molecular formula is C18H23N3O4S. The maximum Gasteiger partial charge on any atom is 0.240 e. The van der Waals surface area contributed by atoms with Gasteiger partial charge in [-0.2, -0.15) is 0 Å². The Hall–Kier alpha value is -2.16. The van der Waals surface area contributed by atoms with Gasteiger partial charge in [-0.25, -0.2) is 13.1 Å². The Kier molecular flexibility index (Phi) is 5.17. The van der Waals surface area contributed by atoms with Gasteiger partial charge < -0.3 is 9.32 Å². The number of fused-ring (bicyclic) bond motifs is 1. The molecule has 1 unspecified atom stereocenters. The molecule has 0 saturated heterocycles. The van der Waals surface area contributed by atoms with Crippen LogP contribution in [-0.2, 0) is 21.2 Å². The van der Waals surface area contributed by atoms with Gasteiger partial charge >= 0.3 is 0 Å². The Bertz CT molecular complexity index is 891. The summed E-state index contributed by atoms with van der Waals surface area (Å²) in [5.74, 6) is 0.661. The number of hydrogen-bond acceptors (Lipinski definition) is 5. The first kappa shape index (κ1) is 18.6. The quantitative estimate of drug-likeness (QED) is 0.830. The Morgan fingerprint density at radius 1 is 1.35 bits per heavy atom. The lowest BCUT2D eigenvalue weighted by Gasteiger charge is -2.22. The lowest BCUT2D eigenvalue weighted by atomic mass is 10.2. The van der Waals surface area contributed by atoms with E-state index in [2.05, 4.69) is 4.72 Å². The zero-order valence-corrected chi connectivity index (χ0v) is 15.9. The van der Waals surface area contributed by atoms with Crippen LogP contribution in [0.4, 0.5) is 5.69 Å². The smallest absolute Gasteiger partial charge is 0.240 e. The molecule has 1 aliphatic heterocycles. The van der Waals surface area contributed by atoms with Gasteiger partial charge in [0.15, 0.2) is 0 Å². The largest absolute Gasteiger partial charge is 0.468 e. The van der Waals surface area contributed by atoms with Gasteiger partial charge in [-0.1, -0.05) is 0 Å². The fourth-order valence-corrected chi connectivity index (χ4v) is 4.25. The minimum absolute atomic E-state index is 0.0373. The molecule has 1 aromatic carbocycles. The van der Waals surface area contributed by atoms with Crippen LogP contribution in [0.15, 0.2) is 45.9 Å². The molecule has 0 saturated carbocycles. The number of likely N-dealkylation sites (N-methyl/N-ethyl adjacent to an activating group) is 1. The van der Waals surface area contributed by atoms with Crippen LogP contribution < -0.4 is 9.62 Å². The number of sulfonamides is 1. The van der Waals surface area contributed by atoms with E-state index in [4.69, 9.17) is 4.42 Å². The molecule has 1 amide bonds. The van der Waals surface area contributed by atoms with Crippen molar-refractivity contribution in [2.75, 3.05) is 32.1 Å². The number of anilines is 1. The zero-order valence-electron chi connectivity index (χ0n) is 15.1. The minimum atomic E-state index is -3.66. The summed E-state index contributed by atoms with van der Waals surface area (Å²) in [5.41, 5.74) is 1.66. The lowest BCUT2D eigenvalue weighted by Crippen LogP contribution is -2.34. The molecule has 8 heteroatoms. The number of carbonyl (C=O) groups excluding carboxylic acids is 1.